The highest BCUT2D eigenvalue weighted by molar-refractivity contribution is 5.65. The van der Waals surface area contributed by atoms with Crippen LogP contribution in [0.25, 0.3) is 0 Å². The van der Waals surface area contributed by atoms with Crippen molar-refractivity contribution in [3.63, 3.8) is 0 Å². The summed E-state index contributed by atoms with van der Waals surface area (Å²) in [6.45, 7) is 2.00. The van der Waals surface area contributed by atoms with E-state index in [1.807, 2.05) is 0 Å². The highest BCUT2D eigenvalue weighted by atomic mass is 16.6. The minimum atomic E-state index is -0.363. The Kier molecular flexibility index (Phi) is 2.59. The van der Waals surface area contributed by atoms with Crippen LogP contribution < -0.4 is 15.4 Å². The van der Waals surface area contributed by atoms with Crippen LogP contribution in [0.4, 0.5) is 11.4 Å². The van der Waals surface area contributed by atoms with Crippen LogP contribution in [-0.4, -0.2) is 31.2 Å². The van der Waals surface area contributed by atoms with Crippen LogP contribution in [0.5, 0.6) is 5.75 Å². The first-order chi connectivity index (χ1) is 8.70. The first-order valence-corrected chi connectivity index (χ1v) is 6.00. The van der Waals surface area contributed by atoms with Gasteiger partial charge in [0.05, 0.1) is 12.0 Å². The van der Waals surface area contributed by atoms with Gasteiger partial charge in [0.25, 0.3) is 5.69 Å². The van der Waals surface area contributed by atoms with Gasteiger partial charge in [0.15, 0.2) is 0 Å². The Morgan fingerprint density at radius 3 is 2.78 bits per heavy atom. The molecule has 1 aliphatic heterocycles. The van der Waals surface area contributed by atoms with E-state index in [9.17, 15) is 10.1 Å². The second-order valence-corrected chi connectivity index (χ2v) is 4.80. The minimum Gasteiger partial charge on any atom is -0.497 e. The van der Waals surface area contributed by atoms with Crippen molar-refractivity contribution in [2.24, 2.45) is 11.8 Å². The summed E-state index contributed by atoms with van der Waals surface area (Å²) < 4.78 is 5.11. The van der Waals surface area contributed by atoms with Gasteiger partial charge in [-0.3, -0.25) is 10.1 Å². The largest absolute Gasteiger partial charge is 0.497 e. The summed E-state index contributed by atoms with van der Waals surface area (Å²) in [5.74, 6) is 1.85. The van der Waals surface area contributed by atoms with Crippen LogP contribution >= 0.6 is 0 Å². The molecule has 1 aromatic rings. The smallest absolute Gasteiger partial charge is 0.292 e. The average Bonchev–Trinajstić information content (AvgIpc) is 2.81. The molecule has 18 heavy (non-hydrogen) atoms. The molecule has 0 amide bonds. The molecule has 0 spiro atoms. The van der Waals surface area contributed by atoms with Crippen LogP contribution in [-0.2, 0) is 0 Å². The van der Waals surface area contributed by atoms with E-state index in [0.717, 1.165) is 13.1 Å². The molecule has 0 radical (unpaired) electrons. The Morgan fingerprint density at radius 1 is 1.44 bits per heavy atom. The lowest BCUT2D eigenvalue weighted by Gasteiger charge is -2.10. The first-order valence-electron chi connectivity index (χ1n) is 6.00. The lowest BCUT2D eigenvalue weighted by molar-refractivity contribution is -0.384. The van der Waals surface area contributed by atoms with E-state index in [1.165, 1.54) is 6.07 Å². The van der Waals surface area contributed by atoms with Crippen molar-refractivity contribution in [2.45, 2.75) is 6.04 Å². The van der Waals surface area contributed by atoms with Crippen molar-refractivity contribution in [1.82, 2.24) is 5.32 Å². The lowest BCUT2D eigenvalue weighted by atomic mass is 10.2. The van der Waals surface area contributed by atoms with Crippen LogP contribution in [0.2, 0.25) is 0 Å². The number of benzene rings is 1. The van der Waals surface area contributed by atoms with Gasteiger partial charge in [-0.05, 0) is 17.9 Å². The van der Waals surface area contributed by atoms with E-state index in [2.05, 4.69) is 10.6 Å². The van der Waals surface area contributed by atoms with E-state index in [0.29, 0.717) is 29.3 Å². The third-order valence-electron chi connectivity index (χ3n) is 3.81. The predicted octanol–water partition coefficient (Wildman–Crippen LogP) is 1.23. The van der Waals surface area contributed by atoms with Gasteiger partial charge < -0.3 is 15.4 Å². The Morgan fingerprint density at radius 2 is 2.17 bits per heavy atom. The lowest BCUT2D eigenvalue weighted by Crippen LogP contribution is -2.21. The number of fused-ring (bicyclic) bond motifs is 1. The molecular formula is C12H15N3O3. The fraction of sp³-hybridized carbons (Fsp3) is 0.500. The highest BCUT2D eigenvalue weighted by Gasteiger charge is 2.53. The molecule has 6 heteroatoms. The Labute approximate surface area is 104 Å². The van der Waals surface area contributed by atoms with Crippen molar-refractivity contribution in [3.8, 4) is 5.75 Å². The third-order valence-corrected chi connectivity index (χ3v) is 3.81. The molecule has 1 aliphatic carbocycles. The summed E-state index contributed by atoms with van der Waals surface area (Å²) in [6.07, 6.45) is 0. The zero-order chi connectivity index (χ0) is 12.7. The number of nitro benzene ring substituents is 1. The van der Waals surface area contributed by atoms with Crippen molar-refractivity contribution in [2.75, 3.05) is 25.5 Å². The van der Waals surface area contributed by atoms with Crippen LogP contribution in [0, 0.1) is 22.0 Å². The van der Waals surface area contributed by atoms with Gasteiger partial charge in [0.1, 0.15) is 11.4 Å². The predicted molar refractivity (Wildman–Crippen MR) is 66.9 cm³/mol. The van der Waals surface area contributed by atoms with Crippen molar-refractivity contribution >= 4 is 11.4 Å². The van der Waals surface area contributed by atoms with Gasteiger partial charge in [-0.2, -0.15) is 0 Å². The topological polar surface area (TPSA) is 76.4 Å². The van der Waals surface area contributed by atoms with Gasteiger partial charge in [-0.25, -0.2) is 0 Å². The average molecular weight is 249 g/mol. The molecule has 96 valence electrons. The van der Waals surface area contributed by atoms with Crippen molar-refractivity contribution in [1.29, 1.82) is 0 Å². The second kappa shape index (κ2) is 4.13. The molecule has 1 aromatic carbocycles. The van der Waals surface area contributed by atoms with Crippen molar-refractivity contribution < 1.29 is 9.66 Å². The fourth-order valence-electron chi connectivity index (χ4n) is 2.73. The van der Waals surface area contributed by atoms with E-state index < -0.39 is 0 Å². The maximum absolute atomic E-state index is 11.0. The fourth-order valence-corrected chi connectivity index (χ4v) is 2.73. The quantitative estimate of drug-likeness (QED) is 0.620. The number of piperidine rings is 1. The number of hydrogen-bond donors (Lipinski definition) is 2. The van der Waals surface area contributed by atoms with Crippen LogP contribution in [0.1, 0.15) is 0 Å². The maximum atomic E-state index is 11.0. The molecule has 3 rings (SSSR count). The number of nitro groups is 1. The minimum absolute atomic E-state index is 0.105. The highest BCUT2D eigenvalue weighted by Crippen LogP contribution is 2.45. The van der Waals surface area contributed by atoms with Gasteiger partial charge in [0.2, 0.25) is 0 Å². The van der Waals surface area contributed by atoms with Crippen LogP contribution in [0.3, 0.4) is 0 Å². The SMILES string of the molecule is COc1ccc([N+](=O)[O-])c(NC2C3CNCC32)c1. The summed E-state index contributed by atoms with van der Waals surface area (Å²) in [4.78, 5) is 10.6. The first kappa shape index (κ1) is 11.3. The number of rotatable bonds is 4. The zero-order valence-electron chi connectivity index (χ0n) is 10.1. The summed E-state index contributed by atoms with van der Waals surface area (Å²) in [5.41, 5.74) is 0.660. The molecule has 1 saturated carbocycles. The molecule has 2 aliphatic rings. The molecule has 2 N–H and O–H groups in total. The van der Waals surface area contributed by atoms with E-state index in [1.54, 1.807) is 19.2 Å². The Balaban J connectivity index is 1.82. The Hall–Kier alpha value is -1.82. The number of nitrogens with one attached hydrogen (secondary N) is 2. The number of anilines is 1. The zero-order valence-corrected chi connectivity index (χ0v) is 10.1. The standard InChI is InChI=1S/C12H15N3O3/c1-18-7-2-3-11(15(16)17)10(4-7)14-12-8-5-13-6-9(8)12/h2-4,8-9,12-14H,5-6H2,1H3. The Bertz CT molecular complexity index is 481. The summed E-state index contributed by atoms with van der Waals surface area (Å²) in [5, 5.41) is 17.6. The normalized spacial score (nSPS) is 28.6. The van der Waals surface area contributed by atoms with Crippen molar-refractivity contribution in [3.05, 3.63) is 28.3 Å². The summed E-state index contributed by atoms with van der Waals surface area (Å²) >= 11 is 0. The molecule has 2 fully saturated rings. The van der Waals surface area contributed by atoms with Gasteiger partial charge >= 0.3 is 0 Å². The maximum Gasteiger partial charge on any atom is 0.292 e. The van der Waals surface area contributed by atoms with Gasteiger partial charge in [-0.15, -0.1) is 0 Å². The molecule has 6 nitrogen and oxygen atoms in total. The van der Waals surface area contributed by atoms with E-state index in [-0.39, 0.29) is 10.6 Å². The number of hydrogen-bond acceptors (Lipinski definition) is 5. The molecule has 1 saturated heterocycles. The molecule has 0 bridgehead atoms. The third kappa shape index (κ3) is 1.78. The van der Waals surface area contributed by atoms with Gasteiger partial charge in [0, 0.05) is 31.3 Å². The number of ether oxygens (including phenoxy) is 1. The van der Waals surface area contributed by atoms with Crippen LogP contribution in [0.15, 0.2) is 18.2 Å². The molecule has 0 aromatic heterocycles. The molecule has 1 heterocycles. The molecule has 2 unspecified atom stereocenters. The molecule has 2 atom stereocenters. The summed E-state index contributed by atoms with van der Waals surface area (Å²) in [6, 6.07) is 5.15. The van der Waals surface area contributed by atoms with E-state index >= 15 is 0 Å². The van der Waals surface area contributed by atoms with Gasteiger partial charge in [-0.1, -0.05) is 0 Å². The summed E-state index contributed by atoms with van der Waals surface area (Å²) in [7, 11) is 1.56. The monoisotopic (exact) mass is 249 g/mol. The number of methoxy groups -OCH3 is 1. The van der Waals surface area contributed by atoms with E-state index in [4.69, 9.17) is 4.74 Å². The number of nitrogens with zero attached hydrogens (tertiary/aromatic N) is 1. The second-order valence-electron chi connectivity index (χ2n) is 4.80. The molecular weight excluding hydrogens is 234 g/mol.